The molecule has 0 aliphatic carbocycles. The quantitative estimate of drug-likeness (QED) is 0.809. The Hall–Kier alpha value is -0.960. The molecule has 1 aromatic heterocycles. The second kappa shape index (κ2) is 5.58. The number of nitrogens with zero attached hydrogens (tertiary/aromatic N) is 1. The molecule has 0 aliphatic heterocycles. The number of hydrogen-bond donors (Lipinski definition) is 2. The van der Waals surface area contributed by atoms with Crippen molar-refractivity contribution in [1.82, 2.24) is 4.31 Å². The van der Waals surface area contributed by atoms with E-state index in [1.807, 2.05) is 0 Å². The van der Waals surface area contributed by atoms with Gasteiger partial charge < -0.3 is 10.2 Å². The summed E-state index contributed by atoms with van der Waals surface area (Å²) in [6, 6.07) is 2.88. The number of carbonyl (C=O) groups is 1. The second-order valence-electron chi connectivity index (χ2n) is 4.86. The molecule has 1 aromatic rings. The summed E-state index contributed by atoms with van der Waals surface area (Å²) < 4.78 is 25.5. The van der Waals surface area contributed by atoms with E-state index in [2.05, 4.69) is 0 Å². The normalized spacial score (nSPS) is 12.9. The predicted molar refractivity (Wildman–Crippen MR) is 71.8 cm³/mol. The average Bonchev–Trinajstić information content (AvgIpc) is 2.62. The first-order valence-corrected chi connectivity index (χ1v) is 7.77. The molecule has 0 aromatic carbocycles. The van der Waals surface area contributed by atoms with Crippen molar-refractivity contribution in [3.05, 3.63) is 17.0 Å². The van der Waals surface area contributed by atoms with Gasteiger partial charge in [-0.1, -0.05) is 0 Å². The van der Waals surface area contributed by atoms with Crippen LogP contribution in [0.4, 0.5) is 0 Å². The van der Waals surface area contributed by atoms with E-state index in [0.29, 0.717) is 4.88 Å². The highest BCUT2D eigenvalue weighted by Crippen LogP contribution is 2.25. The standard InChI is InChI=1S/C11H17NO5S2/c1-11(2,15)7-12(3)19(16,17)10-5-4-8(18-10)6-9(13)14/h4-5,15H,6-7H2,1-3H3,(H,13,14). The maximum absolute atomic E-state index is 12.2. The van der Waals surface area contributed by atoms with E-state index in [1.54, 1.807) is 0 Å². The number of sulfonamides is 1. The molecule has 0 saturated heterocycles. The van der Waals surface area contributed by atoms with Gasteiger partial charge in [-0.05, 0) is 26.0 Å². The third-order valence-corrected chi connectivity index (χ3v) is 5.59. The van der Waals surface area contributed by atoms with Gasteiger partial charge in [0.2, 0.25) is 0 Å². The molecule has 0 aliphatic rings. The molecule has 0 spiro atoms. The highest BCUT2D eigenvalue weighted by molar-refractivity contribution is 7.91. The minimum Gasteiger partial charge on any atom is -0.481 e. The third kappa shape index (κ3) is 4.57. The Morgan fingerprint density at radius 2 is 2.00 bits per heavy atom. The Morgan fingerprint density at radius 1 is 1.42 bits per heavy atom. The van der Waals surface area contributed by atoms with Crippen molar-refractivity contribution in [3.8, 4) is 0 Å². The number of aliphatic carboxylic acids is 1. The van der Waals surface area contributed by atoms with Crippen molar-refractivity contribution in [2.45, 2.75) is 30.1 Å². The summed E-state index contributed by atoms with van der Waals surface area (Å²) in [5, 5.41) is 18.3. The van der Waals surface area contributed by atoms with E-state index in [0.717, 1.165) is 15.6 Å². The van der Waals surface area contributed by atoms with Crippen LogP contribution in [0.5, 0.6) is 0 Å². The summed E-state index contributed by atoms with van der Waals surface area (Å²) in [5.74, 6) is -1.00. The van der Waals surface area contributed by atoms with Crippen molar-refractivity contribution < 1.29 is 23.4 Å². The summed E-state index contributed by atoms with van der Waals surface area (Å²) >= 11 is 0.930. The molecular formula is C11H17NO5S2. The molecule has 19 heavy (non-hydrogen) atoms. The highest BCUT2D eigenvalue weighted by Gasteiger charge is 2.27. The summed E-state index contributed by atoms with van der Waals surface area (Å²) in [4.78, 5) is 11.0. The monoisotopic (exact) mass is 307 g/mol. The Balaban J connectivity index is 2.94. The first kappa shape index (κ1) is 16.1. The SMILES string of the molecule is CN(CC(C)(C)O)S(=O)(=O)c1ccc(CC(=O)O)s1. The van der Waals surface area contributed by atoms with E-state index in [9.17, 15) is 18.3 Å². The van der Waals surface area contributed by atoms with Gasteiger partial charge >= 0.3 is 5.97 Å². The molecule has 0 saturated carbocycles. The third-order valence-electron chi connectivity index (χ3n) is 2.24. The van der Waals surface area contributed by atoms with E-state index < -0.39 is 21.6 Å². The molecule has 0 unspecified atom stereocenters. The zero-order valence-corrected chi connectivity index (χ0v) is 12.6. The molecule has 0 bridgehead atoms. The average molecular weight is 307 g/mol. The number of carboxylic acid groups (broad SMARTS) is 1. The number of rotatable bonds is 6. The summed E-state index contributed by atoms with van der Waals surface area (Å²) in [6.45, 7) is 2.99. The van der Waals surface area contributed by atoms with Crippen LogP contribution in [-0.2, 0) is 21.2 Å². The van der Waals surface area contributed by atoms with Crippen molar-refractivity contribution in [1.29, 1.82) is 0 Å². The van der Waals surface area contributed by atoms with Gasteiger partial charge in [-0.25, -0.2) is 8.42 Å². The van der Waals surface area contributed by atoms with E-state index in [-0.39, 0.29) is 17.2 Å². The molecule has 2 N–H and O–H groups in total. The molecule has 0 amide bonds. The van der Waals surface area contributed by atoms with E-state index >= 15 is 0 Å². The molecular weight excluding hydrogens is 290 g/mol. The smallest absolute Gasteiger partial charge is 0.308 e. The molecule has 8 heteroatoms. The molecule has 1 rings (SSSR count). The topological polar surface area (TPSA) is 94.9 Å². The molecule has 0 atom stereocenters. The lowest BCUT2D eigenvalue weighted by Crippen LogP contribution is -2.39. The van der Waals surface area contributed by atoms with Crippen LogP contribution in [-0.4, -0.2) is 48.1 Å². The minimum atomic E-state index is -3.69. The Bertz CT molecular complexity index is 556. The lowest BCUT2D eigenvalue weighted by atomic mass is 10.1. The fourth-order valence-corrected chi connectivity index (χ4v) is 4.41. The molecule has 1 heterocycles. The van der Waals surface area contributed by atoms with Crippen LogP contribution in [0.1, 0.15) is 18.7 Å². The van der Waals surface area contributed by atoms with Crippen molar-refractivity contribution in [2.24, 2.45) is 0 Å². The number of carboxylic acids is 1. The van der Waals surface area contributed by atoms with Gasteiger partial charge in [0.15, 0.2) is 0 Å². The Kier molecular flexibility index (Phi) is 4.72. The van der Waals surface area contributed by atoms with Gasteiger partial charge in [0, 0.05) is 18.5 Å². The van der Waals surface area contributed by atoms with Gasteiger partial charge in [-0.2, -0.15) is 4.31 Å². The molecule has 6 nitrogen and oxygen atoms in total. The molecule has 0 fully saturated rings. The largest absolute Gasteiger partial charge is 0.481 e. The maximum atomic E-state index is 12.2. The summed E-state index contributed by atoms with van der Waals surface area (Å²) in [5.41, 5.74) is -1.14. The minimum absolute atomic E-state index is 0.0402. The van der Waals surface area contributed by atoms with Crippen molar-refractivity contribution in [2.75, 3.05) is 13.6 Å². The molecule has 0 radical (unpaired) electrons. The number of aliphatic hydroxyl groups is 1. The van der Waals surface area contributed by atoms with Crippen molar-refractivity contribution in [3.63, 3.8) is 0 Å². The Labute approximate surface area is 116 Å². The van der Waals surface area contributed by atoms with E-state index in [4.69, 9.17) is 5.11 Å². The van der Waals surface area contributed by atoms with Crippen LogP contribution in [0.3, 0.4) is 0 Å². The van der Waals surface area contributed by atoms with Crippen molar-refractivity contribution >= 4 is 27.3 Å². The molecule has 108 valence electrons. The zero-order valence-electron chi connectivity index (χ0n) is 11.0. The van der Waals surface area contributed by atoms with E-state index in [1.165, 1.54) is 33.0 Å². The van der Waals surface area contributed by atoms with Gasteiger partial charge in [-0.3, -0.25) is 4.79 Å². The second-order valence-corrected chi connectivity index (χ2v) is 8.30. The number of thiophene rings is 1. The number of likely N-dealkylation sites (N-methyl/N-ethyl adjacent to an activating group) is 1. The van der Waals surface area contributed by atoms with Gasteiger partial charge in [0.1, 0.15) is 4.21 Å². The Morgan fingerprint density at radius 3 is 2.47 bits per heavy atom. The van der Waals surface area contributed by atoms with Crippen LogP contribution < -0.4 is 0 Å². The number of hydrogen-bond acceptors (Lipinski definition) is 5. The maximum Gasteiger partial charge on any atom is 0.308 e. The zero-order chi connectivity index (χ0) is 14.8. The van der Waals surface area contributed by atoms with Crippen LogP contribution in [0.15, 0.2) is 16.3 Å². The fraction of sp³-hybridized carbons (Fsp3) is 0.545. The highest BCUT2D eigenvalue weighted by atomic mass is 32.2. The lowest BCUT2D eigenvalue weighted by molar-refractivity contribution is -0.136. The van der Waals surface area contributed by atoms with Gasteiger partial charge in [-0.15, -0.1) is 11.3 Å². The first-order valence-electron chi connectivity index (χ1n) is 5.51. The van der Waals surface area contributed by atoms with Crippen LogP contribution in [0.2, 0.25) is 0 Å². The summed E-state index contributed by atoms with van der Waals surface area (Å²) in [6.07, 6.45) is -0.199. The van der Waals surface area contributed by atoms with Crippen LogP contribution in [0.25, 0.3) is 0 Å². The lowest BCUT2D eigenvalue weighted by Gasteiger charge is -2.24. The van der Waals surface area contributed by atoms with Gasteiger partial charge in [0.05, 0.1) is 12.0 Å². The predicted octanol–water partition coefficient (Wildman–Crippen LogP) is 0.767. The van der Waals surface area contributed by atoms with Gasteiger partial charge in [0.25, 0.3) is 10.0 Å². The fourth-order valence-electron chi connectivity index (χ4n) is 1.52. The van der Waals surface area contributed by atoms with Crippen LogP contribution >= 0.6 is 11.3 Å². The first-order chi connectivity index (χ1) is 8.52. The summed E-state index contributed by atoms with van der Waals surface area (Å²) in [7, 11) is -2.31. The van der Waals surface area contributed by atoms with Crippen LogP contribution in [0, 0.1) is 0 Å².